The molecule has 0 unspecified atom stereocenters. The van der Waals surface area contributed by atoms with Gasteiger partial charge in [0.1, 0.15) is 5.82 Å². The molecule has 0 bridgehead atoms. The van der Waals surface area contributed by atoms with Crippen LogP contribution in [0.1, 0.15) is 0 Å². The summed E-state index contributed by atoms with van der Waals surface area (Å²) in [5, 5.41) is 0. The first-order valence-electron chi connectivity index (χ1n) is 4.69. The summed E-state index contributed by atoms with van der Waals surface area (Å²) < 4.78 is 52.1. The van der Waals surface area contributed by atoms with Crippen LogP contribution in [0.5, 0.6) is 0 Å². The van der Waals surface area contributed by atoms with Crippen LogP contribution in [0.25, 0.3) is 11.1 Å². The van der Waals surface area contributed by atoms with Crippen molar-refractivity contribution >= 4 is 5.69 Å². The van der Waals surface area contributed by atoms with Crippen molar-refractivity contribution in [1.82, 2.24) is 0 Å². The first-order chi connectivity index (χ1) is 7.99. The van der Waals surface area contributed by atoms with Gasteiger partial charge in [-0.1, -0.05) is 0 Å². The van der Waals surface area contributed by atoms with Crippen molar-refractivity contribution in [2.24, 2.45) is 0 Å². The lowest BCUT2D eigenvalue weighted by molar-refractivity contribution is 0.447. The number of benzene rings is 2. The minimum atomic E-state index is -1.59. The lowest BCUT2D eigenvalue weighted by Crippen LogP contribution is -1.94. The molecule has 0 heterocycles. The second kappa shape index (κ2) is 4.08. The number of nitrogen functional groups attached to an aromatic ring is 1. The van der Waals surface area contributed by atoms with Gasteiger partial charge in [-0.3, -0.25) is 0 Å². The molecule has 0 amide bonds. The molecule has 0 spiro atoms. The maximum Gasteiger partial charge on any atom is 0.194 e. The number of rotatable bonds is 1. The van der Waals surface area contributed by atoms with E-state index in [0.29, 0.717) is 0 Å². The fourth-order valence-corrected chi connectivity index (χ4v) is 1.48. The highest BCUT2D eigenvalue weighted by atomic mass is 19.2. The summed E-state index contributed by atoms with van der Waals surface area (Å²) in [5.41, 5.74) is 5.50. The molecule has 2 aromatic rings. The molecule has 0 saturated heterocycles. The molecule has 1 nitrogen and oxygen atoms in total. The van der Waals surface area contributed by atoms with Crippen molar-refractivity contribution in [3.63, 3.8) is 0 Å². The Balaban J connectivity index is 2.64. The van der Waals surface area contributed by atoms with Crippen molar-refractivity contribution in [3.05, 3.63) is 53.6 Å². The van der Waals surface area contributed by atoms with Crippen LogP contribution in [0.2, 0.25) is 0 Å². The zero-order valence-corrected chi connectivity index (χ0v) is 8.48. The van der Waals surface area contributed by atoms with Crippen molar-refractivity contribution in [1.29, 1.82) is 0 Å². The highest BCUT2D eigenvalue weighted by Crippen LogP contribution is 2.27. The van der Waals surface area contributed by atoms with E-state index in [0.717, 1.165) is 18.2 Å². The lowest BCUT2D eigenvalue weighted by Gasteiger charge is -2.06. The van der Waals surface area contributed by atoms with Crippen LogP contribution in [0.4, 0.5) is 23.2 Å². The van der Waals surface area contributed by atoms with Gasteiger partial charge in [0.15, 0.2) is 17.5 Å². The Hall–Kier alpha value is -2.04. The van der Waals surface area contributed by atoms with E-state index < -0.39 is 23.3 Å². The van der Waals surface area contributed by atoms with E-state index >= 15 is 0 Å². The van der Waals surface area contributed by atoms with Crippen LogP contribution >= 0.6 is 0 Å². The number of halogens is 4. The maximum atomic E-state index is 13.4. The molecule has 2 rings (SSSR count). The lowest BCUT2D eigenvalue weighted by atomic mass is 10.0. The topological polar surface area (TPSA) is 26.0 Å². The van der Waals surface area contributed by atoms with E-state index in [9.17, 15) is 17.6 Å². The number of anilines is 1. The molecule has 0 aliphatic carbocycles. The van der Waals surface area contributed by atoms with Crippen LogP contribution in [0.3, 0.4) is 0 Å². The van der Waals surface area contributed by atoms with E-state index in [-0.39, 0.29) is 16.8 Å². The largest absolute Gasteiger partial charge is 0.399 e. The minimum absolute atomic E-state index is 0.0807. The zero-order valence-electron chi connectivity index (χ0n) is 8.48. The fourth-order valence-electron chi connectivity index (χ4n) is 1.48. The van der Waals surface area contributed by atoms with Crippen molar-refractivity contribution in [2.45, 2.75) is 0 Å². The standard InChI is InChI=1S/C12H7F4N/c13-9-2-1-7(17)5-8(9)6-3-10(14)12(16)11(15)4-6/h1-5H,17H2. The number of nitrogens with two attached hydrogens (primary N) is 1. The van der Waals surface area contributed by atoms with Crippen molar-refractivity contribution < 1.29 is 17.6 Å². The fraction of sp³-hybridized carbons (Fsp3) is 0. The third-order valence-corrected chi connectivity index (χ3v) is 2.29. The molecule has 88 valence electrons. The van der Waals surface area contributed by atoms with Gasteiger partial charge < -0.3 is 5.73 Å². The zero-order chi connectivity index (χ0) is 12.6. The SMILES string of the molecule is Nc1ccc(F)c(-c2cc(F)c(F)c(F)c2)c1. The smallest absolute Gasteiger partial charge is 0.194 e. The Morgan fingerprint density at radius 2 is 1.35 bits per heavy atom. The predicted molar refractivity (Wildman–Crippen MR) is 56.1 cm³/mol. The molecule has 17 heavy (non-hydrogen) atoms. The number of hydrogen-bond acceptors (Lipinski definition) is 1. The van der Waals surface area contributed by atoms with Crippen LogP contribution in [-0.4, -0.2) is 0 Å². The highest BCUT2D eigenvalue weighted by Gasteiger charge is 2.13. The first-order valence-corrected chi connectivity index (χ1v) is 4.69. The Labute approximate surface area is 94.5 Å². The second-order valence-corrected chi connectivity index (χ2v) is 3.49. The van der Waals surface area contributed by atoms with E-state index in [1.54, 1.807) is 0 Å². The van der Waals surface area contributed by atoms with Crippen LogP contribution in [0, 0.1) is 23.3 Å². The summed E-state index contributed by atoms with van der Waals surface area (Å²) in [4.78, 5) is 0. The first kappa shape index (κ1) is 11.4. The van der Waals surface area contributed by atoms with Gasteiger partial charge in [0.2, 0.25) is 0 Å². The molecular formula is C12H7F4N. The molecule has 2 N–H and O–H groups in total. The second-order valence-electron chi connectivity index (χ2n) is 3.49. The summed E-state index contributed by atoms with van der Waals surface area (Å²) in [5.74, 6) is -5.02. The predicted octanol–water partition coefficient (Wildman–Crippen LogP) is 3.49. The molecule has 0 saturated carbocycles. The molecule has 0 aliphatic heterocycles. The van der Waals surface area contributed by atoms with Gasteiger partial charge >= 0.3 is 0 Å². The average Bonchev–Trinajstić information content (AvgIpc) is 2.28. The quantitative estimate of drug-likeness (QED) is 0.461. The summed E-state index contributed by atoms with van der Waals surface area (Å²) >= 11 is 0. The average molecular weight is 241 g/mol. The molecule has 0 fully saturated rings. The van der Waals surface area contributed by atoms with E-state index in [1.165, 1.54) is 12.1 Å². The molecule has 2 aromatic carbocycles. The van der Waals surface area contributed by atoms with Crippen molar-refractivity contribution in [3.8, 4) is 11.1 Å². The highest BCUT2D eigenvalue weighted by molar-refractivity contribution is 5.68. The molecule has 0 atom stereocenters. The van der Waals surface area contributed by atoms with Gasteiger partial charge in [0.05, 0.1) is 0 Å². The van der Waals surface area contributed by atoms with Crippen LogP contribution in [0.15, 0.2) is 30.3 Å². The third kappa shape index (κ3) is 2.08. The Morgan fingerprint density at radius 1 is 0.765 bits per heavy atom. The maximum absolute atomic E-state index is 13.4. The summed E-state index contributed by atoms with van der Waals surface area (Å²) in [6.07, 6.45) is 0. The van der Waals surface area contributed by atoms with E-state index in [2.05, 4.69) is 0 Å². The van der Waals surface area contributed by atoms with Gasteiger partial charge in [-0.05, 0) is 35.9 Å². The van der Waals surface area contributed by atoms with Crippen LogP contribution in [-0.2, 0) is 0 Å². The van der Waals surface area contributed by atoms with Gasteiger partial charge in [-0.2, -0.15) is 0 Å². The Kier molecular flexibility index (Phi) is 2.75. The van der Waals surface area contributed by atoms with Crippen molar-refractivity contribution in [2.75, 3.05) is 5.73 Å². The van der Waals surface area contributed by atoms with Gasteiger partial charge in [-0.25, -0.2) is 17.6 Å². The van der Waals surface area contributed by atoms with Crippen LogP contribution < -0.4 is 5.73 Å². The van der Waals surface area contributed by atoms with E-state index in [1.807, 2.05) is 0 Å². The molecule has 0 aliphatic rings. The van der Waals surface area contributed by atoms with Gasteiger partial charge in [-0.15, -0.1) is 0 Å². The minimum Gasteiger partial charge on any atom is -0.399 e. The van der Waals surface area contributed by atoms with Gasteiger partial charge in [0, 0.05) is 11.3 Å². The monoisotopic (exact) mass is 241 g/mol. The van der Waals surface area contributed by atoms with E-state index in [4.69, 9.17) is 5.73 Å². The summed E-state index contributed by atoms with van der Waals surface area (Å²) in [7, 11) is 0. The Bertz CT molecular complexity index is 558. The third-order valence-electron chi connectivity index (χ3n) is 2.29. The molecule has 0 radical (unpaired) electrons. The number of hydrogen-bond donors (Lipinski definition) is 1. The summed E-state index contributed by atoms with van der Waals surface area (Å²) in [6.45, 7) is 0. The molecular weight excluding hydrogens is 234 g/mol. The molecule has 0 aromatic heterocycles. The van der Waals surface area contributed by atoms with Gasteiger partial charge in [0.25, 0.3) is 0 Å². The molecule has 5 heteroatoms. The summed E-state index contributed by atoms with van der Waals surface area (Å²) in [6, 6.07) is 5.05. The Morgan fingerprint density at radius 3 is 1.94 bits per heavy atom. The normalized spacial score (nSPS) is 10.6.